The summed E-state index contributed by atoms with van der Waals surface area (Å²) >= 11 is 0. The first kappa shape index (κ1) is 22.7. The summed E-state index contributed by atoms with van der Waals surface area (Å²) in [6.07, 6.45) is 9.22. The molecule has 2 aromatic carbocycles. The minimum Gasteiger partial charge on any atom is -0.478 e. The third kappa shape index (κ3) is 7.02. The molecule has 0 aliphatic heterocycles. The van der Waals surface area contributed by atoms with Crippen LogP contribution in [0.4, 0.5) is 11.4 Å². The Morgan fingerprint density at radius 2 is 1.48 bits per heavy atom. The van der Waals surface area contributed by atoms with Gasteiger partial charge < -0.3 is 9.84 Å². The summed E-state index contributed by atoms with van der Waals surface area (Å²) in [7, 11) is 0. The number of hydrogen-bond donors (Lipinski definition) is 1. The van der Waals surface area contributed by atoms with Crippen molar-refractivity contribution in [1.29, 1.82) is 0 Å². The zero-order valence-corrected chi connectivity index (χ0v) is 18.0. The molecule has 0 heterocycles. The first-order valence-electron chi connectivity index (χ1n) is 11.1. The summed E-state index contributed by atoms with van der Waals surface area (Å²) < 4.78 is 5.57. The van der Waals surface area contributed by atoms with Gasteiger partial charge in [0, 0.05) is 0 Å². The molecular weight excluding hydrogens is 392 g/mol. The Hall–Kier alpha value is -3.02. The number of carbonyl (C=O) groups is 2. The molecule has 0 atom stereocenters. The smallest absolute Gasteiger partial charge is 0.335 e. The van der Waals surface area contributed by atoms with E-state index < -0.39 is 5.97 Å². The number of rotatable bonds is 9. The van der Waals surface area contributed by atoms with Crippen molar-refractivity contribution in [1.82, 2.24) is 0 Å². The van der Waals surface area contributed by atoms with Crippen LogP contribution in [0.2, 0.25) is 0 Å². The number of carboxylic acids is 1. The molecule has 1 saturated carbocycles. The lowest BCUT2D eigenvalue weighted by atomic mass is 9.80. The Morgan fingerprint density at radius 1 is 0.903 bits per heavy atom. The SMILES string of the molecule is CCCCCC1CCC(C(=O)Oc2ccc(N=Nc3ccc(C(=O)O)cc3)cc2)CC1. The van der Waals surface area contributed by atoms with E-state index in [4.69, 9.17) is 9.84 Å². The molecule has 6 heteroatoms. The standard InChI is InChI=1S/C25H30N2O4/c1-2-3-4-5-18-6-8-20(9-7-18)25(30)31-23-16-14-22(15-17-23)27-26-21-12-10-19(11-13-21)24(28)29/h10-18,20H,2-9H2,1H3,(H,28,29). The Morgan fingerprint density at radius 3 is 2.03 bits per heavy atom. The summed E-state index contributed by atoms with van der Waals surface area (Å²) in [5, 5.41) is 17.2. The molecule has 164 valence electrons. The van der Waals surface area contributed by atoms with Crippen LogP contribution in [0.3, 0.4) is 0 Å². The number of aromatic carboxylic acids is 1. The van der Waals surface area contributed by atoms with Crippen LogP contribution in [0.5, 0.6) is 5.75 Å². The van der Waals surface area contributed by atoms with Crippen molar-refractivity contribution in [3.8, 4) is 5.75 Å². The van der Waals surface area contributed by atoms with Crippen molar-refractivity contribution in [2.45, 2.75) is 58.3 Å². The Bertz CT molecular complexity index is 883. The van der Waals surface area contributed by atoms with Crippen LogP contribution in [-0.2, 0) is 4.79 Å². The summed E-state index contributed by atoms with van der Waals surface area (Å²) in [6, 6.07) is 13.1. The largest absolute Gasteiger partial charge is 0.478 e. The molecule has 31 heavy (non-hydrogen) atoms. The maximum Gasteiger partial charge on any atom is 0.335 e. The van der Waals surface area contributed by atoms with Crippen molar-refractivity contribution in [3.05, 3.63) is 54.1 Å². The molecule has 0 unspecified atom stereocenters. The maximum absolute atomic E-state index is 12.5. The molecule has 0 spiro atoms. The predicted molar refractivity (Wildman–Crippen MR) is 119 cm³/mol. The van der Waals surface area contributed by atoms with Crippen LogP contribution in [-0.4, -0.2) is 17.0 Å². The number of azo groups is 1. The molecule has 2 aromatic rings. The second kappa shape index (κ2) is 11.4. The highest BCUT2D eigenvalue weighted by atomic mass is 16.5. The number of carboxylic acid groups (broad SMARTS) is 1. The number of benzene rings is 2. The highest BCUT2D eigenvalue weighted by molar-refractivity contribution is 5.87. The Labute approximate surface area is 183 Å². The maximum atomic E-state index is 12.5. The fraction of sp³-hybridized carbons (Fsp3) is 0.440. The lowest BCUT2D eigenvalue weighted by Gasteiger charge is -2.27. The van der Waals surface area contributed by atoms with Crippen molar-refractivity contribution < 1.29 is 19.4 Å². The van der Waals surface area contributed by atoms with Gasteiger partial charge in [-0.25, -0.2) is 4.79 Å². The molecule has 3 rings (SSSR count). The van der Waals surface area contributed by atoms with E-state index in [1.807, 2.05) is 0 Å². The van der Waals surface area contributed by atoms with E-state index in [2.05, 4.69) is 17.2 Å². The van der Waals surface area contributed by atoms with Gasteiger partial charge in [-0.05, 0) is 80.1 Å². The third-order valence-corrected chi connectivity index (χ3v) is 5.85. The van der Waals surface area contributed by atoms with Gasteiger partial charge in [0.1, 0.15) is 5.75 Å². The number of unbranched alkanes of at least 4 members (excludes halogenated alkanes) is 2. The van der Waals surface area contributed by atoms with Crippen molar-refractivity contribution in [2.75, 3.05) is 0 Å². The van der Waals surface area contributed by atoms with Gasteiger partial charge in [0.2, 0.25) is 0 Å². The normalized spacial score (nSPS) is 18.7. The summed E-state index contributed by atoms with van der Waals surface area (Å²) in [4.78, 5) is 23.4. The van der Waals surface area contributed by atoms with E-state index in [1.165, 1.54) is 37.8 Å². The molecule has 1 aliphatic rings. The fourth-order valence-electron chi connectivity index (χ4n) is 3.94. The Balaban J connectivity index is 1.47. The van der Waals surface area contributed by atoms with E-state index in [9.17, 15) is 9.59 Å². The van der Waals surface area contributed by atoms with E-state index in [-0.39, 0.29) is 17.5 Å². The van der Waals surface area contributed by atoms with Crippen LogP contribution < -0.4 is 4.74 Å². The van der Waals surface area contributed by atoms with Crippen molar-refractivity contribution >= 4 is 23.3 Å². The fourth-order valence-corrected chi connectivity index (χ4v) is 3.94. The van der Waals surface area contributed by atoms with E-state index in [0.717, 1.165) is 31.6 Å². The molecule has 0 amide bonds. The highest BCUT2D eigenvalue weighted by Crippen LogP contribution is 2.33. The third-order valence-electron chi connectivity index (χ3n) is 5.85. The van der Waals surface area contributed by atoms with E-state index >= 15 is 0 Å². The molecule has 1 aliphatic carbocycles. The second-order valence-electron chi connectivity index (χ2n) is 8.18. The van der Waals surface area contributed by atoms with Gasteiger partial charge in [-0.2, -0.15) is 10.2 Å². The van der Waals surface area contributed by atoms with Crippen molar-refractivity contribution in [2.24, 2.45) is 22.1 Å². The van der Waals surface area contributed by atoms with Gasteiger partial charge in [-0.3, -0.25) is 4.79 Å². The molecule has 6 nitrogen and oxygen atoms in total. The van der Waals surface area contributed by atoms with Gasteiger partial charge in [0.25, 0.3) is 0 Å². The van der Waals surface area contributed by atoms with Crippen LogP contribution in [0, 0.1) is 11.8 Å². The predicted octanol–water partition coefficient (Wildman–Crippen LogP) is 7.09. The van der Waals surface area contributed by atoms with Crippen LogP contribution >= 0.6 is 0 Å². The summed E-state index contributed by atoms with van der Waals surface area (Å²) in [6.45, 7) is 2.23. The van der Waals surface area contributed by atoms with Gasteiger partial charge in [-0.15, -0.1) is 0 Å². The quantitative estimate of drug-likeness (QED) is 0.202. The monoisotopic (exact) mass is 422 g/mol. The van der Waals surface area contributed by atoms with Gasteiger partial charge >= 0.3 is 11.9 Å². The zero-order chi connectivity index (χ0) is 22.1. The Kier molecular flexibility index (Phi) is 8.33. The second-order valence-corrected chi connectivity index (χ2v) is 8.18. The molecular formula is C25H30N2O4. The zero-order valence-electron chi connectivity index (χ0n) is 18.0. The number of carbonyl (C=O) groups excluding carboxylic acids is 1. The van der Waals surface area contributed by atoms with Crippen LogP contribution in [0.15, 0.2) is 58.8 Å². The van der Waals surface area contributed by atoms with Gasteiger partial charge in [-0.1, -0.05) is 32.6 Å². The van der Waals surface area contributed by atoms with Gasteiger partial charge in [0.05, 0.1) is 22.9 Å². The minimum absolute atomic E-state index is 0.00411. The van der Waals surface area contributed by atoms with Crippen LogP contribution in [0.1, 0.15) is 68.6 Å². The first-order chi connectivity index (χ1) is 15.0. The molecule has 1 N–H and O–H groups in total. The number of esters is 1. The minimum atomic E-state index is -0.978. The molecule has 0 radical (unpaired) electrons. The van der Waals surface area contributed by atoms with Crippen molar-refractivity contribution in [3.63, 3.8) is 0 Å². The number of ether oxygens (including phenoxy) is 1. The summed E-state index contributed by atoms with van der Waals surface area (Å²) in [5.41, 5.74) is 1.38. The van der Waals surface area contributed by atoms with Crippen LogP contribution in [0.25, 0.3) is 0 Å². The average molecular weight is 423 g/mol. The topological polar surface area (TPSA) is 88.3 Å². The molecule has 1 fully saturated rings. The number of hydrogen-bond acceptors (Lipinski definition) is 5. The lowest BCUT2D eigenvalue weighted by molar-refractivity contribution is -0.140. The van der Waals surface area contributed by atoms with E-state index in [0.29, 0.717) is 17.1 Å². The summed E-state index contributed by atoms with van der Waals surface area (Å²) in [5.74, 6) is 0.157. The molecule has 0 saturated heterocycles. The molecule has 0 bridgehead atoms. The highest BCUT2D eigenvalue weighted by Gasteiger charge is 2.27. The number of nitrogens with zero attached hydrogens (tertiary/aromatic N) is 2. The lowest BCUT2D eigenvalue weighted by Crippen LogP contribution is -2.25. The average Bonchev–Trinajstić information content (AvgIpc) is 2.79. The molecule has 0 aromatic heterocycles. The first-order valence-corrected chi connectivity index (χ1v) is 11.1. The van der Waals surface area contributed by atoms with E-state index in [1.54, 1.807) is 36.4 Å². The van der Waals surface area contributed by atoms with Gasteiger partial charge in [0.15, 0.2) is 0 Å².